The van der Waals surface area contributed by atoms with Crippen LogP contribution in [-0.2, 0) is 0 Å². The Hall–Kier alpha value is -2.64. The molecule has 1 heterocycles. The van der Waals surface area contributed by atoms with Gasteiger partial charge in [0.15, 0.2) is 5.82 Å². The number of halogens is 2. The molecule has 0 bridgehead atoms. The van der Waals surface area contributed by atoms with E-state index >= 15 is 0 Å². The highest BCUT2D eigenvalue weighted by Gasteiger charge is 2.16. The SMILES string of the molecule is Nc1cn[nH]c1NC(=O)c1ccccc1OC(F)F. The molecule has 4 N–H and O–H groups in total. The van der Waals surface area contributed by atoms with Gasteiger partial charge in [-0.05, 0) is 12.1 Å². The third-order valence-corrected chi connectivity index (χ3v) is 2.25. The van der Waals surface area contributed by atoms with Crippen molar-refractivity contribution in [2.45, 2.75) is 6.61 Å². The molecule has 2 aromatic rings. The topological polar surface area (TPSA) is 93.0 Å². The molecule has 1 aromatic heterocycles. The Morgan fingerprint density at radius 1 is 1.42 bits per heavy atom. The first-order chi connectivity index (χ1) is 9.08. The second-order valence-corrected chi connectivity index (χ2v) is 3.53. The van der Waals surface area contributed by atoms with Crippen molar-refractivity contribution in [1.29, 1.82) is 0 Å². The predicted molar refractivity (Wildman–Crippen MR) is 64.0 cm³/mol. The Morgan fingerprint density at radius 3 is 2.79 bits per heavy atom. The largest absolute Gasteiger partial charge is 0.434 e. The lowest BCUT2D eigenvalue weighted by Gasteiger charge is -2.10. The van der Waals surface area contributed by atoms with Crippen LogP contribution in [-0.4, -0.2) is 22.7 Å². The quantitative estimate of drug-likeness (QED) is 0.788. The molecule has 0 aliphatic heterocycles. The van der Waals surface area contributed by atoms with Crippen LogP contribution >= 0.6 is 0 Å². The number of hydrogen-bond acceptors (Lipinski definition) is 4. The van der Waals surface area contributed by atoms with E-state index in [1.165, 1.54) is 30.5 Å². The lowest BCUT2D eigenvalue weighted by Crippen LogP contribution is -2.15. The van der Waals surface area contributed by atoms with Crippen molar-refractivity contribution < 1.29 is 18.3 Å². The number of rotatable bonds is 4. The molecule has 0 saturated carbocycles. The van der Waals surface area contributed by atoms with Crippen LogP contribution in [0.25, 0.3) is 0 Å². The number of alkyl halides is 2. The zero-order valence-corrected chi connectivity index (χ0v) is 9.56. The molecular weight excluding hydrogens is 258 g/mol. The van der Waals surface area contributed by atoms with E-state index in [2.05, 4.69) is 20.3 Å². The molecule has 19 heavy (non-hydrogen) atoms. The third kappa shape index (κ3) is 2.97. The van der Waals surface area contributed by atoms with Crippen LogP contribution < -0.4 is 15.8 Å². The molecule has 0 radical (unpaired) electrons. The highest BCUT2D eigenvalue weighted by Crippen LogP contribution is 2.22. The van der Waals surface area contributed by atoms with E-state index in [0.29, 0.717) is 0 Å². The molecule has 0 saturated heterocycles. The molecule has 1 aromatic carbocycles. The molecule has 0 spiro atoms. The van der Waals surface area contributed by atoms with Gasteiger partial charge in [-0.15, -0.1) is 0 Å². The first-order valence-electron chi connectivity index (χ1n) is 5.22. The monoisotopic (exact) mass is 268 g/mol. The lowest BCUT2D eigenvalue weighted by atomic mass is 10.2. The number of amides is 1. The van der Waals surface area contributed by atoms with E-state index < -0.39 is 12.5 Å². The predicted octanol–water partition coefficient (Wildman–Crippen LogP) is 1.85. The Kier molecular flexibility index (Phi) is 3.60. The number of carbonyl (C=O) groups excluding carboxylic acids is 1. The number of nitrogens with zero attached hydrogens (tertiary/aromatic N) is 1. The second kappa shape index (κ2) is 5.34. The van der Waals surface area contributed by atoms with Gasteiger partial charge in [0, 0.05) is 0 Å². The molecule has 8 heteroatoms. The summed E-state index contributed by atoms with van der Waals surface area (Å²) in [7, 11) is 0. The summed E-state index contributed by atoms with van der Waals surface area (Å²) in [6, 6.07) is 5.65. The average Bonchev–Trinajstić information content (AvgIpc) is 2.75. The van der Waals surface area contributed by atoms with Gasteiger partial charge in [-0.2, -0.15) is 13.9 Å². The summed E-state index contributed by atoms with van der Waals surface area (Å²) in [4.78, 5) is 11.9. The lowest BCUT2D eigenvalue weighted by molar-refractivity contribution is -0.0501. The molecule has 0 aliphatic carbocycles. The molecule has 2 rings (SSSR count). The number of aromatic amines is 1. The van der Waals surface area contributed by atoms with Gasteiger partial charge in [-0.1, -0.05) is 12.1 Å². The maximum Gasteiger partial charge on any atom is 0.387 e. The van der Waals surface area contributed by atoms with Crippen LogP contribution in [0.4, 0.5) is 20.3 Å². The Balaban J connectivity index is 2.21. The summed E-state index contributed by atoms with van der Waals surface area (Å²) in [6.45, 7) is -3.01. The Bertz CT molecular complexity index is 586. The molecule has 1 amide bonds. The van der Waals surface area contributed by atoms with Crippen LogP contribution in [0.3, 0.4) is 0 Å². The fraction of sp³-hybridized carbons (Fsp3) is 0.0909. The van der Waals surface area contributed by atoms with E-state index in [0.717, 1.165) is 0 Å². The number of para-hydroxylation sites is 1. The van der Waals surface area contributed by atoms with E-state index in [-0.39, 0.29) is 22.8 Å². The van der Waals surface area contributed by atoms with Gasteiger partial charge in [0.25, 0.3) is 5.91 Å². The minimum absolute atomic E-state index is 0.0307. The van der Waals surface area contributed by atoms with Crippen LogP contribution in [0.2, 0.25) is 0 Å². The number of nitrogen functional groups attached to an aromatic ring is 1. The van der Waals surface area contributed by atoms with Crippen molar-refractivity contribution in [3.05, 3.63) is 36.0 Å². The fourth-order valence-electron chi connectivity index (χ4n) is 1.43. The van der Waals surface area contributed by atoms with Crippen LogP contribution in [0.1, 0.15) is 10.4 Å². The van der Waals surface area contributed by atoms with Gasteiger partial charge in [0.2, 0.25) is 0 Å². The zero-order valence-electron chi connectivity index (χ0n) is 9.56. The maximum absolute atomic E-state index is 12.2. The van der Waals surface area contributed by atoms with Crippen molar-refractivity contribution in [2.75, 3.05) is 11.1 Å². The minimum atomic E-state index is -3.01. The van der Waals surface area contributed by atoms with Crippen molar-refractivity contribution >= 4 is 17.4 Å². The highest BCUT2D eigenvalue weighted by atomic mass is 19.3. The van der Waals surface area contributed by atoms with Crippen LogP contribution in [0.5, 0.6) is 5.75 Å². The van der Waals surface area contributed by atoms with Gasteiger partial charge < -0.3 is 15.8 Å². The van der Waals surface area contributed by atoms with Crippen molar-refractivity contribution in [3.63, 3.8) is 0 Å². The minimum Gasteiger partial charge on any atom is -0.434 e. The fourth-order valence-corrected chi connectivity index (χ4v) is 1.43. The van der Waals surface area contributed by atoms with Gasteiger partial charge in [0.1, 0.15) is 5.75 Å². The number of nitrogens with one attached hydrogen (secondary N) is 2. The molecule has 100 valence electrons. The molecule has 0 fully saturated rings. The Labute approximate surface area is 106 Å². The standard InChI is InChI=1S/C11H10F2N4O2/c12-11(13)19-8-4-2-1-3-6(8)10(18)16-9-7(14)5-15-17-9/h1-5,11H,14H2,(H2,15,16,17,18). The van der Waals surface area contributed by atoms with E-state index in [1.54, 1.807) is 0 Å². The number of ether oxygens (including phenoxy) is 1. The summed E-state index contributed by atoms with van der Waals surface area (Å²) >= 11 is 0. The number of H-pyrrole nitrogens is 1. The van der Waals surface area contributed by atoms with Gasteiger partial charge >= 0.3 is 6.61 Å². The van der Waals surface area contributed by atoms with Gasteiger partial charge in [-0.3, -0.25) is 9.89 Å². The van der Waals surface area contributed by atoms with Crippen LogP contribution in [0.15, 0.2) is 30.5 Å². The summed E-state index contributed by atoms with van der Waals surface area (Å²) in [5.74, 6) is -0.655. The summed E-state index contributed by atoms with van der Waals surface area (Å²) in [6.07, 6.45) is 1.32. The molecule has 0 unspecified atom stereocenters. The third-order valence-electron chi connectivity index (χ3n) is 2.25. The second-order valence-electron chi connectivity index (χ2n) is 3.53. The van der Waals surface area contributed by atoms with Crippen molar-refractivity contribution in [1.82, 2.24) is 10.2 Å². The number of carbonyl (C=O) groups is 1. The number of benzene rings is 1. The number of nitrogens with two attached hydrogens (primary N) is 1. The smallest absolute Gasteiger partial charge is 0.387 e. The number of aromatic nitrogens is 2. The molecule has 0 atom stereocenters. The maximum atomic E-state index is 12.2. The normalized spacial score (nSPS) is 10.5. The molecular formula is C11H10F2N4O2. The van der Waals surface area contributed by atoms with Crippen molar-refractivity contribution in [2.24, 2.45) is 0 Å². The van der Waals surface area contributed by atoms with Gasteiger partial charge in [0.05, 0.1) is 17.4 Å². The van der Waals surface area contributed by atoms with E-state index in [9.17, 15) is 13.6 Å². The van der Waals surface area contributed by atoms with Gasteiger partial charge in [-0.25, -0.2) is 0 Å². The summed E-state index contributed by atoms with van der Waals surface area (Å²) in [5.41, 5.74) is 5.73. The first kappa shape index (κ1) is 12.8. The number of anilines is 2. The first-order valence-corrected chi connectivity index (χ1v) is 5.22. The highest BCUT2D eigenvalue weighted by molar-refractivity contribution is 6.06. The zero-order chi connectivity index (χ0) is 13.8. The summed E-state index contributed by atoms with van der Waals surface area (Å²) in [5, 5.41) is 8.51. The average molecular weight is 268 g/mol. The Morgan fingerprint density at radius 2 is 2.16 bits per heavy atom. The van der Waals surface area contributed by atoms with E-state index in [4.69, 9.17) is 5.73 Å². The van der Waals surface area contributed by atoms with Crippen molar-refractivity contribution in [3.8, 4) is 5.75 Å². The number of hydrogen-bond donors (Lipinski definition) is 3. The summed E-state index contributed by atoms with van der Waals surface area (Å²) < 4.78 is 28.7. The molecule has 0 aliphatic rings. The molecule has 6 nitrogen and oxygen atoms in total. The van der Waals surface area contributed by atoms with Crippen LogP contribution in [0, 0.1) is 0 Å². The van der Waals surface area contributed by atoms with E-state index in [1.807, 2.05) is 0 Å².